The van der Waals surface area contributed by atoms with Gasteiger partial charge in [0, 0.05) is 24.2 Å². The van der Waals surface area contributed by atoms with Gasteiger partial charge in [0.05, 0.1) is 29.4 Å². The third-order valence-corrected chi connectivity index (χ3v) is 6.87. The van der Waals surface area contributed by atoms with E-state index in [1.165, 1.54) is 0 Å². The maximum atomic E-state index is 12.2. The number of carbonyl (C=O) groups is 1. The summed E-state index contributed by atoms with van der Waals surface area (Å²) in [6.07, 6.45) is 3.17. The Bertz CT molecular complexity index is 1180. The number of nitrogens with zero attached hydrogens (tertiary/aromatic N) is 5. The molecule has 3 aromatic heterocycles. The van der Waals surface area contributed by atoms with Crippen LogP contribution in [0.15, 0.2) is 18.8 Å². The highest BCUT2D eigenvalue weighted by atomic mass is 127. The first-order chi connectivity index (χ1) is 15.4. The largest absolute Gasteiger partial charge is 0.472 e. The fourth-order valence-corrected chi connectivity index (χ4v) is 4.78. The monoisotopic (exact) mass is 584 g/mol. The van der Waals surface area contributed by atoms with E-state index in [4.69, 9.17) is 9.47 Å². The molecule has 3 rings (SSSR count). The first-order valence-corrected chi connectivity index (χ1v) is 14.6. The van der Waals surface area contributed by atoms with Crippen molar-refractivity contribution in [2.24, 2.45) is 7.05 Å². The van der Waals surface area contributed by atoms with Crippen LogP contribution in [0.4, 0.5) is 4.79 Å². The number of nitrogens with one attached hydrogen (secondary N) is 1. The van der Waals surface area contributed by atoms with Gasteiger partial charge in [-0.1, -0.05) is 6.58 Å². The van der Waals surface area contributed by atoms with Crippen LogP contribution in [-0.4, -0.2) is 48.2 Å². The molecule has 11 heteroatoms. The summed E-state index contributed by atoms with van der Waals surface area (Å²) < 4.78 is 15.2. The molecule has 1 amide bonds. The summed E-state index contributed by atoms with van der Waals surface area (Å²) >= 11 is 2.28. The minimum atomic E-state index is -0.568. The van der Waals surface area contributed by atoms with E-state index in [-0.39, 0.29) is 12.1 Å². The highest BCUT2D eigenvalue weighted by Crippen LogP contribution is 2.37. The summed E-state index contributed by atoms with van der Waals surface area (Å²) in [5, 5.41) is 12.9. The molecular formula is C22H30IN6O3P. The van der Waals surface area contributed by atoms with Crippen LogP contribution in [0.25, 0.3) is 28.2 Å². The van der Waals surface area contributed by atoms with Crippen molar-refractivity contribution in [2.45, 2.75) is 59.3 Å². The molecule has 0 spiro atoms. The molecule has 0 aliphatic rings. The number of rotatable bonds is 7. The fourth-order valence-electron chi connectivity index (χ4n) is 3.36. The molecule has 0 saturated heterocycles. The minimum absolute atomic E-state index is 0.293. The Morgan fingerprint density at radius 2 is 2.03 bits per heavy atom. The zero-order chi connectivity index (χ0) is 24.5. The van der Waals surface area contributed by atoms with E-state index in [0.29, 0.717) is 12.3 Å². The summed E-state index contributed by atoms with van der Waals surface area (Å²) in [6.45, 7) is 15.1. The van der Waals surface area contributed by atoms with Crippen LogP contribution >= 0.6 is 28.4 Å². The predicted octanol–water partition coefficient (Wildman–Crippen LogP) is 5.26. The lowest BCUT2D eigenvalue weighted by molar-refractivity contribution is 0.0460. The van der Waals surface area contributed by atoms with Crippen LogP contribution in [0.3, 0.4) is 0 Å². The van der Waals surface area contributed by atoms with Gasteiger partial charge in [0.2, 0.25) is 5.88 Å². The van der Waals surface area contributed by atoms with Gasteiger partial charge in [-0.05, 0) is 75.7 Å². The van der Waals surface area contributed by atoms with Crippen LogP contribution in [-0.2, 0) is 11.8 Å². The van der Waals surface area contributed by atoms with Gasteiger partial charge < -0.3 is 14.8 Å². The zero-order valence-electron chi connectivity index (χ0n) is 19.9. The second-order valence-electron chi connectivity index (χ2n) is 8.83. The Labute approximate surface area is 208 Å². The number of ether oxygens (including phenoxy) is 2. The zero-order valence-corrected chi connectivity index (χ0v) is 23.1. The van der Waals surface area contributed by atoms with E-state index < -0.39 is 11.7 Å². The van der Waals surface area contributed by atoms with Crippen molar-refractivity contribution in [1.82, 2.24) is 29.6 Å². The number of fused-ring (bicyclic) bond motifs is 1. The van der Waals surface area contributed by atoms with Gasteiger partial charge in [0.1, 0.15) is 11.7 Å². The lowest BCUT2D eigenvalue weighted by atomic mass is 10.1. The molecule has 0 aromatic carbocycles. The summed E-state index contributed by atoms with van der Waals surface area (Å²) in [5.41, 5.74) is 3.58. The summed E-state index contributed by atoms with van der Waals surface area (Å²) in [6, 6.07) is 1.75. The molecule has 3 atom stereocenters. The SMILES string of the molecule is C=Cc1nn(PI)c2ncc(-c3c(C)nn(C)c3OC(C)C(C)NC(=O)OC(C)(C)C)cc12. The van der Waals surface area contributed by atoms with Crippen molar-refractivity contribution in [3.05, 3.63) is 30.2 Å². The van der Waals surface area contributed by atoms with Gasteiger partial charge in [0.25, 0.3) is 0 Å². The highest BCUT2D eigenvalue weighted by Gasteiger charge is 2.25. The molecule has 178 valence electrons. The van der Waals surface area contributed by atoms with Crippen LogP contribution in [0.2, 0.25) is 0 Å². The molecule has 0 fully saturated rings. The average Bonchev–Trinajstić information content (AvgIpc) is 3.21. The Morgan fingerprint density at radius 3 is 2.64 bits per heavy atom. The van der Waals surface area contributed by atoms with Crippen LogP contribution in [0.5, 0.6) is 5.88 Å². The number of hydrogen-bond donors (Lipinski definition) is 1. The van der Waals surface area contributed by atoms with Crippen molar-refractivity contribution in [2.75, 3.05) is 0 Å². The second-order valence-corrected chi connectivity index (χ2v) is 10.9. The average molecular weight is 584 g/mol. The fraction of sp³-hybridized carbons (Fsp3) is 0.455. The first kappa shape index (κ1) is 25.4. The lowest BCUT2D eigenvalue weighted by Gasteiger charge is -2.25. The van der Waals surface area contributed by atoms with E-state index in [1.807, 2.05) is 65.3 Å². The van der Waals surface area contributed by atoms with Crippen molar-refractivity contribution in [3.8, 4) is 17.0 Å². The number of hydrogen-bond acceptors (Lipinski definition) is 6. The lowest BCUT2D eigenvalue weighted by Crippen LogP contribution is -2.44. The number of alkyl carbamates (subject to hydrolysis) is 1. The number of aromatic nitrogens is 5. The molecule has 0 aliphatic carbocycles. The topological polar surface area (TPSA) is 96.1 Å². The maximum absolute atomic E-state index is 12.2. The van der Waals surface area contributed by atoms with Gasteiger partial charge in [-0.25, -0.2) is 18.9 Å². The number of carbonyl (C=O) groups excluding carboxylic acids is 1. The van der Waals surface area contributed by atoms with Crippen LogP contribution in [0, 0.1) is 6.92 Å². The number of pyridine rings is 1. The molecule has 33 heavy (non-hydrogen) atoms. The van der Waals surface area contributed by atoms with Crippen LogP contribution < -0.4 is 10.1 Å². The van der Waals surface area contributed by atoms with Gasteiger partial charge in [-0.2, -0.15) is 10.2 Å². The smallest absolute Gasteiger partial charge is 0.407 e. The molecule has 0 radical (unpaired) electrons. The maximum Gasteiger partial charge on any atom is 0.407 e. The molecule has 3 aromatic rings. The van der Waals surface area contributed by atoms with Crippen molar-refractivity contribution in [3.63, 3.8) is 0 Å². The Hall–Kier alpha value is -2.20. The number of amides is 1. The third kappa shape index (κ3) is 5.66. The normalized spacial score (nSPS) is 13.9. The van der Waals surface area contributed by atoms with E-state index in [1.54, 1.807) is 10.8 Å². The minimum Gasteiger partial charge on any atom is -0.472 e. The molecule has 1 N–H and O–H groups in total. The Morgan fingerprint density at radius 1 is 1.33 bits per heavy atom. The molecule has 9 nitrogen and oxygen atoms in total. The second kappa shape index (κ2) is 9.97. The summed E-state index contributed by atoms with van der Waals surface area (Å²) in [5.74, 6) is 0.599. The van der Waals surface area contributed by atoms with Gasteiger partial charge in [-0.15, -0.1) is 0 Å². The van der Waals surface area contributed by atoms with Gasteiger partial charge in [0.15, 0.2) is 5.65 Å². The molecular weight excluding hydrogens is 554 g/mol. The van der Waals surface area contributed by atoms with E-state index >= 15 is 0 Å². The van der Waals surface area contributed by atoms with Crippen LogP contribution in [0.1, 0.15) is 46.0 Å². The highest BCUT2D eigenvalue weighted by molar-refractivity contribution is 14.2. The van der Waals surface area contributed by atoms with Crippen molar-refractivity contribution >= 4 is 51.6 Å². The first-order valence-electron chi connectivity index (χ1n) is 10.5. The summed E-state index contributed by atoms with van der Waals surface area (Å²) in [4.78, 5) is 16.8. The number of aryl methyl sites for hydroxylation is 2. The van der Waals surface area contributed by atoms with E-state index in [9.17, 15) is 4.79 Å². The molecule has 0 saturated carbocycles. The van der Waals surface area contributed by atoms with E-state index in [0.717, 1.165) is 33.5 Å². The van der Waals surface area contributed by atoms with Crippen molar-refractivity contribution < 1.29 is 14.3 Å². The molecule has 0 aliphatic heterocycles. The quantitative estimate of drug-likeness (QED) is 0.301. The number of halogens is 1. The van der Waals surface area contributed by atoms with Gasteiger partial charge >= 0.3 is 6.09 Å². The standard InChI is InChI=1S/C22H30IN6O3P/c1-9-17-16-10-15(11-24-19(16)29(27-17)33-23)18-13(3)26-28(8)20(18)31-14(4)12(2)25-21(30)32-22(5,6)7/h9-12,14,33H,1H2,2-8H3,(H,25,30). The Balaban J connectivity index is 1.91. The van der Waals surface area contributed by atoms with Crippen molar-refractivity contribution in [1.29, 1.82) is 0 Å². The predicted molar refractivity (Wildman–Crippen MR) is 141 cm³/mol. The Kier molecular flexibility index (Phi) is 7.68. The van der Waals surface area contributed by atoms with E-state index in [2.05, 4.69) is 49.1 Å². The molecule has 0 bridgehead atoms. The summed E-state index contributed by atoms with van der Waals surface area (Å²) in [7, 11) is 1.83. The molecule has 3 unspecified atom stereocenters. The van der Waals surface area contributed by atoms with Gasteiger partial charge in [-0.3, -0.25) is 0 Å². The molecule has 3 heterocycles. The third-order valence-electron chi connectivity index (χ3n) is 5.03.